The van der Waals surface area contributed by atoms with Gasteiger partial charge in [0.1, 0.15) is 24.9 Å². The molecule has 57 heavy (non-hydrogen) atoms. The van der Waals surface area contributed by atoms with Crippen molar-refractivity contribution >= 4 is 5.97 Å². The molecule has 0 aromatic rings. The zero-order valence-corrected chi connectivity index (χ0v) is 37.7. The largest absolute Gasteiger partial charge is 0.463 e. The van der Waals surface area contributed by atoms with Crippen molar-refractivity contribution in [3.8, 4) is 0 Å². The summed E-state index contributed by atoms with van der Waals surface area (Å²) in [5.74, 6) is 8.58. The third-order valence-electron chi connectivity index (χ3n) is 15.7. The standard InChI is InChI=1S/C51H91NO5/c1-4-6-16-22-39-30-44(39)34-46-32-41(46)24-18-12-8-10-14-20-28-54-48-37-56-49(38-57-51(53)43-26-27-52(3)36-43)50(48)55-29-21-15-11-9-13-19-25-42-33-47(42)35-45-31-40(45)23-17-7-5-2/h39-50H,4-38H2,1-3H3/t39?,40?,41?,42?,43?,44?,45?,46?,47?,48-,49+,50+/m0/s1. The van der Waals surface area contributed by atoms with Gasteiger partial charge in [-0.2, -0.15) is 0 Å². The Morgan fingerprint density at radius 1 is 0.579 bits per heavy atom. The maximum absolute atomic E-state index is 12.8. The molecule has 6 nitrogen and oxygen atoms in total. The maximum Gasteiger partial charge on any atom is 0.310 e. The van der Waals surface area contributed by atoms with Gasteiger partial charge in [-0.05, 0) is 119 Å². The minimum absolute atomic E-state index is 0.0184. The van der Waals surface area contributed by atoms with Crippen molar-refractivity contribution in [3.05, 3.63) is 0 Å². The average Bonchev–Trinajstić information content (AvgIpc) is 4.16. The number of likely N-dealkylation sites (tertiary alicyclic amines) is 1. The van der Waals surface area contributed by atoms with E-state index in [0.717, 1.165) is 92.9 Å². The predicted octanol–water partition coefficient (Wildman–Crippen LogP) is 12.6. The van der Waals surface area contributed by atoms with Crippen LogP contribution in [0.15, 0.2) is 0 Å². The Bertz CT molecular complexity index is 1100. The van der Waals surface area contributed by atoms with E-state index in [4.69, 9.17) is 18.9 Å². The lowest BCUT2D eigenvalue weighted by Gasteiger charge is -2.24. The molecule has 0 bridgehead atoms. The quantitative estimate of drug-likeness (QED) is 0.0470. The van der Waals surface area contributed by atoms with Gasteiger partial charge >= 0.3 is 5.97 Å². The van der Waals surface area contributed by atoms with Crippen molar-refractivity contribution in [2.24, 2.45) is 53.3 Å². The van der Waals surface area contributed by atoms with Gasteiger partial charge in [-0.3, -0.25) is 4.79 Å². The van der Waals surface area contributed by atoms with Crippen LogP contribution in [0.1, 0.15) is 200 Å². The first-order valence-corrected chi connectivity index (χ1v) is 25.7. The van der Waals surface area contributed by atoms with Crippen molar-refractivity contribution < 1.29 is 23.7 Å². The number of esters is 1. The molecule has 0 aromatic heterocycles. The highest BCUT2D eigenvalue weighted by Crippen LogP contribution is 2.55. The summed E-state index contributed by atoms with van der Waals surface area (Å²) in [4.78, 5) is 15.0. The molecule has 4 aliphatic carbocycles. The maximum atomic E-state index is 12.8. The molecule has 6 fully saturated rings. The van der Waals surface area contributed by atoms with Crippen LogP contribution in [0.3, 0.4) is 0 Å². The topological polar surface area (TPSA) is 57.2 Å². The fourth-order valence-corrected chi connectivity index (χ4v) is 11.3. The first-order chi connectivity index (χ1) is 28.0. The zero-order valence-electron chi connectivity index (χ0n) is 37.7. The van der Waals surface area contributed by atoms with Crippen molar-refractivity contribution in [1.82, 2.24) is 4.90 Å². The first kappa shape index (κ1) is 45.8. The third kappa shape index (κ3) is 16.9. The van der Waals surface area contributed by atoms with E-state index in [1.807, 2.05) is 0 Å². The third-order valence-corrected chi connectivity index (χ3v) is 15.7. The van der Waals surface area contributed by atoms with Crippen molar-refractivity contribution in [3.63, 3.8) is 0 Å². The Balaban J connectivity index is 0.767. The van der Waals surface area contributed by atoms with Crippen molar-refractivity contribution in [1.29, 1.82) is 0 Å². The molecule has 0 amide bonds. The summed E-state index contributed by atoms with van der Waals surface area (Å²) in [5.41, 5.74) is 0. The van der Waals surface area contributed by atoms with Crippen LogP contribution in [-0.4, -0.2) is 75.7 Å². The monoisotopic (exact) mass is 798 g/mol. The molecular weight excluding hydrogens is 707 g/mol. The van der Waals surface area contributed by atoms with Crippen LogP contribution >= 0.6 is 0 Å². The minimum atomic E-state index is -0.237. The van der Waals surface area contributed by atoms with E-state index >= 15 is 0 Å². The van der Waals surface area contributed by atoms with Crippen molar-refractivity contribution in [2.75, 3.05) is 46.6 Å². The van der Waals surface area contributed by atoms with Crippen LogP contribution in [-0.2, 0) is 23.7 Å². The number of carbonyl (C=O) groups excluding carboxylic acids is 1. The van der Waals surface area contributed by atoms with E-state index in [0.29, 0.717) is 6.61 Å². The number of carbonyl (C=O) groups is 1. The molecule has 6 heteroatoms. The molecule has 4 saturated carbocycles. The van der Waals surface area contributed by atoms with Crippen LogP contribution in [0.5, 0.6) is 0 Å². The molecule has 2 aliphatic heterocycles. The van der Waals surface area contributed by atoms with E-state index in [1.54, 1.807) is 25.7 Å². The van der Waals surface area contributed by atoms with Crippen LogP contribution in [0.2, 0.25) is 0 Å². The molecule has 0 aromatic carbocycles. The summed E-state index contributed by atoms with van der Waals surface area (Å²) in [6.45, 7) is 8.70. The Morgan fingerprint density at radius 3 is 1.51 bits per heavy atom. The second-order valence-electron chi connectivity index (χ2n) is 20.8. The van der Waals surface area contributed by atoms with Gasteiger partial charge in [0.25, 0.3) is 0 Å². The number of hydrogen-bond acceptors (Lipinski definition) is 6. The molecule has 0 radical (unpaired) electrons. The summed E-state index contributed by atoms with van der Waals surface area (Å²) < 4.78 is 24.9. The number of nitrogens with zero attached hydrogens (tertiary/aromatic N) is 1. The van der Waals surface area contributed by atoms with Crippen LogP contribution in [0, 0.1) is 53.3 Å². The van der Waals surface area contributed by atoms with E-state index < -0.39 is 0 Å². The number of hydrogen-bond donors (Lipinski definition) is 0. The van der Waals surface area contributed by atoms with Gasteiger partial charge in [0, 0.05) is 19.8 Å². The highest BCUT2D eigenvalue weighted by atomic mass is 16.6. The zero-order chi connectivity index (χ0) is 39.7. The molecule has 0 spiro atoms. The lowest BCUT2D eigenvalue weighted by Crippen LogP contribution is -2.39. The van der Waals surface area contributed by atoms with Gasteiger partial charge in [0.2, 0.25) is 0 Å². The molecule has 0 N–H and O–H groups in total. The van der Waals surface area contributed by atoms with Crippen LogP contribution < -0.4 is 0 Å². The van der Waals surface area contributed by atoms with Gasteiger partial charge < -0.3 is 23.8 Å². The molecule has 6 aliphatic rings. The lowest BCUT2D eigenvalue weighted by molar-refractivity contribution is -0.154. The number of rotatable bonds is 35. The van der Waals surface area contributed by atoms with Gasteiger partial charge in [0.15, 0.2) is 0 Å². The van der Waals surface area contributed by atoms with Crippen LogP contribution in [0.25, 0.3) is 0 Å². The van der Waals surface area contributed by atoms with Gasteiger partial charge in [-0.15, -0.1) is 0 Å². The molecule has 6 rings (SSSR count). The molecule has 12 atom stereocenters. The van der Waals surface area contributed by atoms with E-state index in [1.165, 1.54) is 141 Å². The minimum Gasteiger partial charge on any atom is -0.463 e. The molecular formula is C51H91NO5. The smallest absolute Gasteiger partial charge is 0.310 e. The fourth-order valence-electron chi connectivity index (χ4n) is 11.3. The van der Waals surface area contributed by atoms with Gasteiger partial charge in [-0.25, -0.2) is 0 Å². The summed E-state index contributed by atoms with van der Waals surface area (Å²) >= 11 is 0. The Labute approximate surface area is 351 Å². The van der Waals surface area contributed by atoms with E-state index in [9.17, 15) is 4.79 Å². The molecule has 9 unspecified atom stereocenters. The Kier molecular flexibility index (Phi) is 20.3. The SMILES string of the molecule is CCCCCC1CC1CC1CC1CCCCCCCCO[C@@H]1[C@@H](OCCCCCCCCC2CC2CC2CC2CCCCC)CO[C@@H]1COC(=O)C1CCN(C)C1. The summed E-state index contributed by atoms with van der Waals surface area (Å²) in [5, 5.41) is 0. The second-order valence-corrected chi connectivity index (χ2v) is 20.8. The van der Waals surface area contributed by atoms with Crippen LogP contribution in [0.4, 0.5) is 0 Å². The summed E-state index contributed by atoms with van der Waals surface area (Å²) in [6.07, 6.45) is 39.9. The van der Waals surface area contributed by atoms with E-state index in [-0.39, 0.29) is 36.8 Å². The predicted molar refractivity (Wildman–Crippen MR) is 234 cm³/mol. The first-order valence-electron chi connectivity index (χ1n) is 25.7. The second kappa shape index (κ2) is 25.3. The normalized spacial score (nSPS) is 34.2. The lowest BCUT2D eigenvalue weighted by atomic mass is 10.0. The van der Waals surface area contributed by atoms with Crippen molar-refractivity contribution in [2.45, 2.75) is 218 Å². The van der Waals surface area contributed by atoms with Gasteiger partial charge in [0.05, 0.1) is 12.5 Å². The Hall–Kier alpha value is -0.690. The molecule has 330 valence electrons. The highest BCUT2D eigenvalue weighted by Gasteiger charge is 2.46. The molecule has 2 heterocycles. The summed E-state index contributed by atoms with van der Waals surface area (Å²) in [7, 11) is 2.07. The van der Waals surface area contributed by atoms with Gasteiger partial charge in [-0.1, -0.05) is 142 Å². The highest BCUT2D eigenvalue weighted by molar-refractivity contribution is 5.73. The summed E-state index contributed by atoms with van der Waals surface area (Å²) in [6, 6.07) is 0. The fraction of sp³-hybridized carbons (Fsp3) is 0.980. The molecule has 2 saturated heterocycles. The van der Waals surface area contributed by atoms with E-state index in [2.05, 4.69) is 25.8 Å². The number of ether oxygens (including phenoxy) is 4. The Morgan fingerprint density at radius 2 is 1.04 bits per heavy atom. The average molecular weight is 798 g/mol. The number of unbranched alkanes of at least 4 members (excludes halogenated alkanes) is 14.